The highest BCUT2D eigenvalue weighted by molar-refractivity contribution is 6.42. The van der Waals surface area contributed by atoms with E-state index in [1.165, 1.54) is 17.8 Å². The number of carbonyl (C=O) groups excluding carboxylic acids is 3. The fourth-order valence-electron chi connectivity index (χ4n) is 5.90. The van der Waals surface area contributed by atoms with Crippen molar-refractivity contribution in [2.45, 2.75) is 19.3 Å². The molecule has 3 heterocycles. The molecule has 242 valence electrons. The van der Waals surface area contributed by atoms with E-state index in [0.717, 1.165) is 32.4 Å². The summed E-state index contributed by atoms with van der Waals surface area (Å²) in [5.41, 5.74) is 2.76. The SMILES string of the molecule is O=C(Nc1ccc(Oc2ccc(C(=O)N3CCN(C(=O)N4CCC(Cc5ccccc5)CC4)CC3)cc2)nc1)c1ccc(Cl)c(Cl)c1. The Labute approximate surface area is 284 Å². The number of halogens is 2. The average Bonchev–Trinajstić information content (AvgIpc) is 3.11. The van der Waals surface area contributed by atoms with Crippen molar-refractivity contribution in [2.75, 3.05) is 44.6 Å². The van der Waals surface area contributed by atoms with Crippen molar-refractivity contribution in [3.8, 4) is 11.6 Å². The zero-order chi connectivity index (χ0) is 32.8. The van der Waals surface area contributed by atoms with Crippen LogP contribution < -0.4 is 10.1 Å². The van der Waals surface area contributed by atoms with Gasteiger partial charge in [0.15, 0.2) is 0 Å². The molecule has 0 atom stereocenters. The van der Waals surface area contributed by atoms with Crippen LogP contribution in [-0.4, -0.2) is 76.8 Å². The normalized spacial score (nSPS) is 15.3. The molecule has 0 spiro atoms. The number of hydrogen-bond donors (Lipinski definition) is 1. The molecule has 0 aliphatic carbocycles. The highest BCUT2D eigenvalue weighted by Gasteiger charge is 2.30. The van der Waals surface area contributed by atoms with Crippen LogP contribution >= 0.6 is 23.2 Å². The fraction of sp³-hybridized carbons (Fsp3) is 0.278. The lowest BCUT2D eigenvalue weighted by Crippen LogP contribution is -2.55. The van der Waals surface area contributed by atoms with Gasteiger partial charge in [0.1, 0.15) is 5.75 Å². The molecule has 3 aromatic carbocycles. The van der Waals surface area contributed by atoms with E-state index in [2.05, 4.69) is 34.6 Å². The molecular formula is C36H35Cl2N5O4. The average molecular weight is 673 g/mol. The molecule has 1 N–H and O–H groups in total. The summed E-state index contributed by atoms with van der Waals surface area (Å²) in [7, 11) is 0. The first-order valence-corrected chi connectivity index (χ1v) is 16.5. The summed E-state index contributed by atoms with van der Waals surface area (Å²) in [6.45, 7) is 3.58. The van der Waals surface area contributed by atoms with Gasteiger partial charge >= 0.3 is 6.03 Å². The van der Waals surface area contributed by atoms with Crippen molar-refractivity contribution in [1.82, 2.24) is 19.7 Å². The van der Waals surface area contributed by atoms with Gasteiger partial charge in [0.25, 0.3) is 11.8 Å². The molecule has 0 radical (unpaired) electrons. The number of carbonyl (C=O) groups is 3. The number of aromatic nitrogens is 1. The Morgan fingerprint density at radius 1 is 0.745 bits per heavy atom. The summed E-state index contributed by atoms with van der Waals surface area (Å²) in [5.74, 6) is 1.03. The van der Waals surface area contributed by atoms with Gasteiger partial charge in [-0.25, -0.2) is 9.78 Å². The Morgan fingerprint density at radius 3 is 2.06 bits per heavy atom. The number of rotatable bonds is 7. The summed E-state index contributed by atoms with van der Waals surface area (Å²) >= 11 is 11.9. The number of ether oxygens (including phenoxy) is 1. The number of pyridine rings is 1. The topological polar surface area (TPSA) is 95.1 Å². The van der Waals surface area contributed by atoms with Crippen molar-refractivity contribution < 1.29 is 19.1 Å². The zero-order valence-electron chi connectivity index (χ0n) is 25.8. The Morgan fingerprint density at radius 2 is 1.40 bits per heavy atom. The van der Waals surface area contributed by atoms with Crippen LogP contribution in [0.15, 0.2) is 91.1 Å². The van der Waals surface area contributed by atoms with Gasteiger partial charge in [-0.3, -0.25) is 9.59 Å². The van der Waals surface area contributed by atoms with Gasteiger partial charge in [-0.05, 0) is 79.3 Å². The lowest BCUT2D eigenvalue weighted by atomic mass is 9.90. The quantitative estimate of drug-likeness (QED) is 0.223. The van der Waals surface area contributed by atoms with E-state index in [0.29, 0.717) is 70.6 Å². The summed E-state index contributed by atoms with van der Waals surface area (Å²) in [4.78, 5) is 48.8. The third kappa shape index (κ3) is 8.22. The monoisotopic (exact) mass is 671 g/mol. The number of anilines is 1. The molecule has 0 bridgehead atoms. The van der Waals surface area contributed by atoms with Crippen LogP contribution in [0.5, 0.6) is 11.6 Å². The summed E-state index contributed by atoms with van der Waals surface area (Å²) < 4.78 is 5.84. The maximum Gasteiger partial charge on any atom is 0.320 e. The van der Waals surface area contributed by atoms with E-state index >= 15 is 0 Å². The molecule has 2 aliphatic rings. The molecule has 9 nitrogen and oxygen atoms in total. The molecular weight excluding hydrogens is 637 g/mol. The van der Waals surface area contributed by atoms with Crippen molar-refractivity contribution in [2.24, 2.45) is 5.92 Å². The standard InChI is InChI=1S/C36H35Cl2N5O4/c37-31-12-8-28(23-32(31)38)34(44)40-29-9-13-33(39-24-29)47-30-10-6-27(7-11-30)35(45)41-18-20-43(21-19-41)36(46)42-16-14-26(15-17-42)22-25-4-2-1-3-5-25/h1-13,23-24,26H,14-22H2,(H,40,44). The fourth-order valence-corrected chi connectivity index (χ4v) is 6.20. The molecule has 4 aromatic rings. The van der Waals surface area contributed by atoms with Crippen LogP contribution in [0.4, 0.5) is 10.5 Å². The summed E-state index contributed by atoms with van der Waals surface area (Å²) in [6, 6.07) is 25.5. The Bertz CT molecular complexity index is 1700. The molecule has 0 unspecified atom stereocenters. The summed E-state index contributed by atoms with van der Waals surface area (Å²) in [6.07, 6.45) is 4.57. The number of urea groups is 1. The molecule has 2 saturated heterocycles. The lowest BCUT2D eigenvalue weighted by molar-refractivity contribution is 0.0625. The predicted octanol–water partition coefficient (Wildman–Crippen LogP) is 7.27. The van der Waals surface area contributed by atoms with E-state index in [1.807, 2.05) is 15.9 Å². The lowest BCUT2D eigenvalue weighted by Gasteiger charge is -2.39. The second-order valence-corrected chi connectivity index (χ2v) is 12.6. The van der Waals surface area contributed by atoms with E-state index in [4.69, 9.17) is 27.9 Å². The first-order valence-electron chi connectivity index (χ1n) is 15.7. The maximum absolute atomic E-state index is 13.2. The highest BCUT2D eigenvalue weighted by atomic mass is 35.5. The Hall–Kier alpha value is -4.60. The van der Waals surface area contributed by atoms with Gasteiger partial charge in [0, 0.05) is 56.5 Å². The van der Waals surface area contributed by atoms with Crippen LogP contribution in [0.2, 0.25) is 10.0 Å². The smallest absolute Gasteiger partial charge is 0.320 e. The van der Waals surface area contributed by atoms with Gasteiger partial charge in [0.2, 0.25) is 5.88 Å². The third-order valence-electron chi connectivity index (χ3n) is 8.59. The number of benzene rings is 3. The predicted molar refractivity (Wildman–Crippen MR) is 182 cm³/mol. The molecule has 4 amide bonds. The van der Waals surface area contributed by atoms with Crippen LogP contribution in [0, 0.1) is 5.92 Å². The van der Waals surface area contributed by atoms with Crippen LogP contribution in [-0.2, 0) is 6.42 Å². The van der Waals surface area contributed by atoms with Gasteiger partial charge in [-0.1, -0.05) is 53.5 Å². The number of likely N-dealkylation sites (tertiary alicyclic amines) is 1. The zero-order valence-corrected chi connectivity index (χ0v) is 27.3. The molecule has 11 heteroatoms. The summed E-state index contributed by atoms with van der Waals surface area (Å²) in [5, 5.41) is 3.42. The van der Waals surface area contributed by atoms with Gasteiger partial charge in [0.05, 0.1) is 21.9 Å². The second kappa shape index (κ2) is 14.9. The molecule has 6 rings (SSSR count). The number of hydrogen-bond acceptors (Lipinski definition) is 5. The molecule has 1 aromatic heterocycles. The minimum Gasteiger partial charge on any atom is -0.439 e. The minimum absolute atomic E-state index is 0.0762. The van der Waals surface area contributed by atoms with Gasteiger partial charge in [-0.2, -0.15) is 0 Å². The highest BCUT2D eigenvalue weighted by Crippen LogP contribution is 2.26. The Balaban J connectivity index is 0.942. The van der Waals surface area contributed by atoms with Crippen molar-refractivity contribution in [3.05, 3.63) is 118 Å². The first kappa shape index (κ1) is 32.3. The van der Waals surface area contributed by atoms with Crippen LogP contribution in [0.25, 0.3) is 0 Å². The Kier molecular flexibility index (Phi) is 10.2. The van der Waals surface area contributed by atoms with Gasteiger partial charge in [-0.15, -0.1) is 0 Å². The van der Waals surface area contributed by atoms with Crippen LogP contribution in [0.3, 0.4) is 0 Å². The van der Waals surface area contributed by atoms with Gasteiger partial charge < -0.3 is 24.8 Å². The van der Waals surface area contributed by atoms with Crippen LogP contribution in [0.1, 0.15) is 39.1 Å². The van der Waals surface area contributed by atoms with Crippen molar-refractivity contribution >= 4 is 46.7 Å². The van der Waals surface area contributed by atoms with E-state index in [9.17, 15) is 14.4 Å². The maximum atomic E-state index is 13.2. The molecule has 2 aliphatic heterocycles. The first-order chi connectivity index (χ1) is 22.8. The second-order valence-electron chi connectivity index (χ2n) is 11.8. The molecule has 47 heavy (non-hydrogen) atoms. The number of amides is 4. The van der Waals surface area contributed by atoms with Crippen molar-refractivity contribution in [1.29, 1.82) is 0 Å². The number of piperazine rings is 1. The number of nitrogens with zero attached hydrogens (tertiary/aromatic N) is 4. The van der Waals surface area contributed by atoms with E-state index in [1.54, 1.807) is 53.4 Å². The van der Waals surface area contributed by atoms with E-state index < -0.39 is 0 Å². The van der Waals surface area contributed by atoms with Crippen molar-refractivity contribution in [3.63, 3.8) is 0 Å². The minimum atomic E-state index is -0.345. The number of piperidine rings is 1. The van der Waals surface area contributed by atoms with E-state index in [-0.39, 0.29) is 17.8 Å². The third-order valence-corrected chi connectivity index (χ3v) is 9.33. The molecule has 2 fully saturated rings. The number of nitrogens with one attached hydrogen (secondary N) is 1. The molecule has 0 saturated carbocycles. The largest absolute Gasteiger partial charge is 0.439 e.